The molecule has 0 unspecified atom stereocenters. The van der Waals surface area contributed by atoms with Gasteiger partial charge in [-0.2, -0.15) is 0 Å². The van der Waals surface area contributed by atoms with E-state index in [2.05, 4.69) is 13.8 Å². The number of aliphatic hydroxyl groups is 1. The van der Waals surface area contributed by atoms with Gasteiger partial charge >= 0.3 is 5.97 Å². The molecule has 1 N–H and O–H groups in total. The maximum atomic E-state index is 12.2. The smallest absolute Gasteiger partial charge is 0.334 e. The molecular formula is C20H26O4. The van der Waals surface area contributed by atoms with E-state index < -0.39 is 6.10 Å². The molecule has 2 heterocycles. The minimum Gasteiger partial charge on any atom is -0.472 e. The van der Waals surface area contributed by atoms with E-state index in [0.717, 1.165) is 37.7 Å². The van der Waals surface area contributed by atoms with Crippen LogP contribution in [0.5, 0.6) is 0 Å². The summed E-state index contributed by atoms with van der Waals surface area (Å²) in [5.41, 5.74) is 1.85. The highest BCUT2D eigenvalue weighted by atomic mass is 16.5. The number of carbonyl (C=O) groups excluding carboxylic acids is 1. The van der Waals surface area contributed by atoms with Crippen molar-refractivity contribution in [2.24, 2.45) is 22.7 Å². The van der Waals surface area contributed by atoms with Crippen molar-refractivity contribution in [1.82, 2.24) is 0 Å². The number of rotatable bonds is 3. The minimum absolute atomic E-state index is 0.0734. The van der Waals surface area contributed by atoms with Gasteiger partial charge in [-0.1, -0.05) is 13.8 Å². The zero-order valence-corrected chi connectivity index (χ0v) is 14.5. The van der Waals surface area contributed by atoms with Crippen LogP contribution in [-0.2, 0) is 16.0 Å². The molecule has 2 fully saturated rings. The number of aliphatic hydroxyl groups excluding tert-OH is 1. The first-order valence-electron chi connectivity index (χ1n) is 9.04. The molecule has 1 spiro atoms. The predicted molar refractivity (Wildman–Crippen MR) is 89.1 cm³/mol. The number of carbonyl (C=O) groups is 1. The van der Waals surface area contributed by atoms with E-state index in [-0.39, 0.29) is 22.7 Å². The second-order valence-electron chi connectivity index (χ2n) is 8.25. The highest BCUT2D eigenvalue weighted by Gasteiger charge is 2.61. The summed E-state index contributed by atoms with van der Waals surface area (Å²) in [5, 5.41) is 10.4. The molecule has 2 aliphatic carbocycles. The number of aryl methyl sites for hydroxylation is 1. The van der Waals surface area contributed by atoms with E-state index in [0.29, 0.717) is 12.5 Å². The molecule has 1 aromatic rings. The van der Waals surface area contributed by atoms with Gasteiger partial charge in [0.15, 0.2) is 0 Å². The van der Waals surface area contributed by atoms with E-state index >= 15 is 0 Å². The summed E-state index contributed by atoms with van der Waals surface area (Å²) in [6.45, 7) is 5.16. The third kappa shape index (κ3) is 2.19. The molecule has 4 rings (SSSR count). The van der Waals surface area contributed by atoms with E-state index in [1.807, 2.05) is 12.3 Å². The molecule has 4 heteroatoms. The topological polar surface area (TPSA) is 59.7 Å². The Morgan fingerprint density at radius 3 is 3.00 bits per heavy atom. The van der Waals surface area contributed by atoms with E-state index in [1.165, 1.54) is 5.56 Å². The van der Waals surface area contributed by atoms with Crippen molar-refractivity contribution < 1.29 is 19.1 Å². The van der Waals surface area contributed by atoms with Crippen LogP contribution in [0.2, 0.25) is 0 Å². The molecule has 3 aliphatic rings. The maximum Gasteiger partial charge on any atom is 0.334 e. The van der Waals surface area contributed by atoms with Crippen LogP contribution in [-0.4, -0.2) is 23.8 Å². The van der Waals surface area contributed by atoms with Gasteiger partial charge in [0.05, 0.1) is 18.6 Å². The van der Waals surface area contributed by atoms with Gasteiger partial charge in [0.2, 0.25) is 0 Å². The highest BCUT2D eigenvalue weighted by Crippen LogP contribution is 2.63. The summed E-state index contributed by atoms with van der Waals surface area (Å²) in [7, 11) is 0. The van der Waals surface area contributed by atoms with Crippen molar-refractivity contribution in [2.75, 3.05) is 6.61 Å². The molecule has 1 aromatic heterocycles. The van der Waals surface area contributed by atoms with Gasteiger partial charge < -0.3 is 14.3 Å². The molecule has 1 saturated heterocycles. The second kappa shape index (κ2) is 5.48. The van der Waals surface area contributed by atoms with Gasteiger partial charge in [0.1, 0.15) is 6.61 Å². The largest absolute Gasteiger partial charge is 0.472 e. The quantitative estimate of drug-likeness (QED) is 0.862. The summed E-state index contributed by atoms with van der Waals surface area (Å²) in [4.78, 5) is 12.2. The highest BCUT2D eigenvalue weighted by molar-refractivity contribution is 5.92. The summed E-state index contributed by atoms with van der Waals surface area (Å²) < 4.78 is 10.7. The number of hydrogen-bond acceptors (Lipinski definition) is 4. The SMILES string of the molecule is C[C@@H]1CC[C@]23COC(=O)C2=C[C@H](O)C[C@@H]3[C@@]1(C)CCc1ccoc1. The fourth-order valence-electron chi connectivity index (χ4n) is 5.50. The lowest BCUT2D eigenvalue weighted by molar-refractivity contribution is -0.135. The summed E-state index contributed by atoms with van der Waals surface area (Å²) in [6, 6.07) is 2.02. The van der Waals surface area contributed by atoms with E-state index in [9.17, 15) is 9.90 Å². The molecule has 4 nitrogen and oxygen atoms in total. The Kier molecular flexibility index (Phi) is 3.64. The Morgan fingerprint density at radius 2 is 2.25 bits per heavy atom. The normalized spacial score (nSPS) is 41.4. The van der Waals surface area contributed by atoms with Crippen molar-refractivity contribution in [3.63, 3.8) is 0 Å². The Hall–Kier alpha value is -1.55. The standard InChI is InChI=1S/C20H26O4/c1-13-3-7-20-12-24-18(22)16(20)9-15(21)10-17(20)19(13,2)6-4-14-5-8-23-11-14/h5,8-9,11,13,15,17,21H,3-4,6-7,10,12H2,1-2H3/t13-,15+,17-,19+,20+/m1/s1. The average Bonchev–Trinajstić information content (AvgIpc) is 3.18. The first-order valence-corrected chi connectivity index (χ1v) is 9.04. The van der Waals surface area contributed by atoms with Gasteiger partial charge in [-0.25, -0.2) is 4.79 Å². The van der Waals surface area contributed by atoms with Crippen LogP contribution in [0.1, 0.15) is 45.1 Å². The molecule has 0 aromatic carbocycles. The molecule has 0 bridgehead atoms. The molecule has 0 amide bonds. The molecule has 24 heavy (non-hydrogen) atoms. The van der Waals surface area contributed by atoms with Gasteiger partial charge in [-0.3, -0.25) is 0 Å². The van der Waals surface area contributed by atoms with Crippen LogP contribution >= 0.6 is 0 Å². The van der Waals surface area contributed by atoms with Crippen molar-refractivity contribution in [3.8, 4) is 0 Å². The Balaban J connectivity index is 1.69. The summed E-state index contributed by atoms with van der Waals surface area (Å²) in [6.07, 6.45) is 9.58. The zero-order valence-electron chi connectivity index (χ0n) is 14.5. The average molecular weight is 330 g/mol. The number of hydrogen-bond donors (Lipinski definition) is 1. The molecule has 5 atom stereocenters. The zero-order chi connectivity index (χ0) is 16.9. The summed E-state index contributed by atoms with van der Waals surface area (Å²) in [5.74, 6) is 0.620. The van der Waals surface area contributed by atoms with E-state index in [4.69, 9.17) is 9.15 Å². The molecule has 1 aliphatic heterocycles. The van der Waals surface area contributed by atoms with Crippen molar-refractivity contribution in [2.45, 2.75) is 52.1 Å². The third-order valence-electron chi connectivity index (χ3n) is 7.20. The Labute approximate surface area is 142 Å². The van der Waals surface area contributed by atoms with Crippen LogP contribution in [0.3, 0.4) is 0 Å². The van der Waals surface area contributed by atoms with Gasteiger partial charge in [-0.15, -0.1) is 0 Å². The number of ether oxygens (including phenoxy) is 1. The fraction of sp³-hybridized carbons (Fsp3) is 0.650. The number of cyclic esters (lactones) is 1. The third-order valence-corrected chi connectivity index (χ3v) is 7.20. The van der Waals surface area contributed by atoms with Crippen LogP contribution in [0.15, 0.2) is 34.7 Å². The summed E-state index contributed by atoms with van der Waals surface area (Å²) >= 11 is 0. The van der Waals surface area contributed by atoms with Crippen molar-refractivity contribution in [1.29, 1.82) is 0 Å². The Morgan fingerprint density at radius 1 is 1.42 bits per heavy atom. The first kappa shape index (κ1) is 15.9. The monoisotopic (exact) mass is 330 g/mol. The fourth-order valence-corrected chi connectivity index (χ4v) is 5.50. The van der Waals surface area contributed by atoms with E-state index in [1.54, 1.807) is 12.3 Å². The van der Waals surface area contributed by atoms with Crippen LogP contribution < -0.4 is 0 Å². The number of furan rings is 1. The number of esters is 1. The Bertz CT molecular complexity index is 661. The molecule has 130 valence electrons. The molecule has 1 saturated carbocycles. The van der Waals surface area contributed by atoms with Crippen LogP contribution in [0.25, 0.3) is 0 Å². The van der Waals surface area contributed by atoms with Crippen molar-refractivity contribution in [3.05, 3.63) is 35.8 Å². The lowest BCUT2D eigenvalue weighted by atomic mass is 9.46. The van der Waals surface area contributed by atoms with Gasteiger partial charge in [0.25, 0.3) is 0 Å². The van der Waals surface area contributed by atoms with Crippen LogP contribution in [0, 0.1) is 22.7 Å². The second-order valence-corrected chi connectivity index (χ2v) is 8.25. The molecular weight excluding hydrogens is 304 g/mol. The maximum absolute atomic E-state index is 12.2. The first-order chi connectivity index (χ1) is 11.5. The van der Waals surface area contributed by atoms with Crippen LogP contribution in [0.4, 0.5) is 0 Å². The van der Waals surface area contributed by atoms with Gasteiger partial charge in [0, 0.05) is 11.0 Å². The lowest BCUT2D eigenvalue weighted by Gasteiger charge is -2.57. The molecule has 0 radical (unpaired) electrons. The predicted octanol–water partition coefficient (Wildman–Crippen LogP) is 3.50. The van der Waals surface area contributed by atoms with Crippen molar-refractivity contribution >= 4 is 5.97 Å². The lowest BCUT2D eigenvalue weighted by Crippen LogP contribution is -2.53. The van der Waals surface area contributed by atoms with Gasteiger partial charge in [-0.05, 0) is 67.1 Å². The minimum atomic E-state index is -0.540.